The Morgan fingerprint density at radius 1 is 1.32 bits per heavy atom. The third-order valence-electron chi connectivity index (χ3n) is 2.16. The molecular formula is C10H13FN2O5S. The molecule has 0 saturated carbocycles. The van der Waals surface area contributed by atoms with E-state index in [1.54, 1.807) is 0 Å². The Morgan fingerprint density at radius 2 is 1.84 bits per heavy atom. The van der Waals surface area contributed by atoms with Crippen LogP contribution in [0.4, 0.5) is 4.39 Å². The van der Waals surface area contributed by atoms with Crippen molar-refractivity contribution < 1.29 is 27.1 Å². The fourth-order valence-corrected chi connectivity index (χ4v) is 2.35. The summed E-state index contributed by atoms with van der Waals surface area (Å²) >= 11 is 0. The van der Waals surface area contributed by atoms with E-state index in [0.717, 1.165) is 12.1 Å². The Bertz CT molecular complexity index is 588. The number of rotatable bonds is 6. The predicted molar refractivity (Wildman–Crippen MR) is 63.9 cm³/mol. The fraction of sp³-hybridized carbons (Fsp3) is 0.300. The first-order chi connectivity index (χ1) is 8.81. The lowest BCUT2D eigenvalue weighted by Crippen LogP contribution is -2.33. The van der Waals surface area contributed by atoms with E-state index in [4.69, 9.17) is 15.2 Å². The van der Waals surface area contributed by atoms with Gasteiger partial charge >= 0.3 is 0 Å². The van der Waals surface area contributed by atoms with E-state index in [-0.39, 0.29) is 11.5 Å². The number of hydrogen-bond acceptors (Lipinski definition) is 5. The number of benzene rings is 1. The smallest absolute Gasteiger partial charge is 0.244 e. The topological polar surface area (TPSA) is 108 Å². The lowest BCUT2D eigenvalue weighted by atomic mass is 10.3. The van der Waals surface area contributed by atoms with Crippen LogP contribution in [0.2, 0.25) is 0 Å². The van der Waals surface area contributed by atoms with Crippen molar-refractivity contribution in [1.29, 1.82) is 0 Å². The van der Waals surface area contributed by atoms with Crippen LogP contribution in [-0.2, 0) is 14.8 Å². The molecule has 1 aromatic carbocycles. The van der Waals surface area contributed by atoms with Gasteiger partial charge in [0.2, 0.25) is 15.9 Å². The summed E-state index contributed by atoms with van der Waals surface area (Å²) in [6.07, 6.45) is 0. The van der Waals surface area contributed by atoms with Crippen molar-refractivity contribution in [1.82, 2.24) is 4.72 Å². The third-order valence-corrected chi connectivity index (χ3v) is 3.58. The van der Waals surface area contributed by atoms with Gasteiger partial charge in [-0.25, -0.2) is 17.5 Å². The van der Waals surface area contributed by atoms with E-state index in [9.17, 15) is 17.6 Å². The Labute approximate surface area is 109 Å². The number of carbonyl (C=O) groups excluding carboxylic acids is 1. The normalized spacial score (nSPS) is 11.1. The standard InChI is InChI=1S/C10H13FN2O5S/c1-17-7-3-6(11)9(4-8(7)18-2)19(15,16)13-5-10(12)14/h3-4,13H,5H2,1-2H3,(H2,12,14). The Balaban J connectivity index is 3.23. The van der Waals surface area contributed by atoms with Gasteiger partial charge in [-0.2, -0.15) is 0 Å². The minimum Gasteiger partial charge on any atom is -0.493 e. The van der Waals surface area contributed by atoms with Crippen LogP contribution >= 0.6 is 0 Å². The van der Waals surface area contributed by atoms with Gasteiger partial charge in [0, 0.05) is 12.1 Å². The number of primary amides is 1. The molecule has 0 radical (unpaired) electrons. The van der Waals surface area contributed by atoms with Gasteiger partial charge in [-0.15, -0.1) is 0 Å². The second-order valence-corrected chi connectivity index (χ2v) is 5.16. The minimum absolute atomic E-state index is 0.0448. The highest BCUT2D eigenvalue weighted by molar-refractivity contribution is 7.89. The molecule has 3 N–H and O–H groups in total. The van der Waals surface area contributed by atoms with E-state index in [1.165, 1.54) is 14.2 Å². The number of nitrogens with one attached hydrogen (secondary N) is 1. The number of nitrogens with two attached hydrogens (primary N) is 1. The van der Waals surface area contributed by atoms with Gasteiger partial charge in [0.05, 0.1) is 20.8 Å². The zero-order valence-corrected chi connectivity index (χ0v) is 11.1. The third kappa shape index (κ3) is 3.55. The van der Waals surface area contributed by atoms with Crippen molar-refractivity contribution in [2.75, 3.05) is 20.8 Å². The van der Waals surface area contributed by atoms with Crippen LogP contribution in [0.5, 0.6) is 11.5 Å². The summed E-state index contributed by atoms with van der Waals surface area (Å²) < 4.78 is 48.8. The first kappa shape index (κ1) is 15.2. The number of sulfonamides is 1. The molecule has 0 aromatic heterocycles. The highest BCUT2D eigenvalue weighted by Crippen LogP contribution is 2.31. The molecule has 0 aliphatic heterocycles. The van der Waals surface area contributed by atoms with Gasteiger partial charge < -0.3 is 15.2 Å². The van der Waals surface area contributed by atoms with Crippen molar-refractivity contribution in [2.45, 2.75) is 4.90 Å². The van der Waals surface area contributed by atoms with E-state index < -0.39 is 33.2 Å². The number of amides is 1. The molecule has 106 valence electrons. The Morgan fingerprint density at radius 3 is 2.32 bits per heavy atom. The summed E-state index contributed by atoms with van der Waals surface area (Å²) in [6, 6.07) is 1.83. The maximum absolute atomic E-state index is 13.7. The lowest BCUT2D eigenvalue weighted by Gasteiger charge is -2.11. The number of methoxy groups -OCH3 is 2. The molecule has 0 fully saturated rings. The molecule has 7 nitrogen and oxygen atoms in total. The van der Waals surface area contributed by atoms with Crippen LogP contribution < -0.4 is 19.9 Å². The summed E-state index contributed by atoms with van der Waals surface area (Å²) in [5.74, 6) is -1.82. The zero-order chi connectivity index (χ0) is 14.6. The highest BCUT2D eigenvalue weighted by Gasteiger charge is 2.22. The predicted octanol–water partition coefficient (Wildman–Crippen LogP) is -0.393. The summed E-state index contributed by atoms with van der Waals surface area (Å²) in [5, 5.41) is 0. The van der Waals surface area contributed by atoms with E-state index >= 15 is 0 Å². The van der Waals surface area contributed by atoms with Crippen LogP contribution in [0.3, 0.4) is 0 Å². The highest BCUT2D eigenvalue weighted by atomic mass is 32.2. The van der Waals surface area contributed by atoms with Gasteiger partial charge in [0.1, 0.15) is 10.7 Å². The molecule has 1 aromatic rings. The number of hydrogen-bond donors (Lipinski definition) is 2. The molecule has 0 unspecified atom stereocenters. The molecule has 1 rings (SSSR count). The van der Waals surface area contributed by atoms with Gasteiger partial charge in [0.25, 0.3) is 0 Å². The maximum atomic E-state index is 13.7. The van der Waals surface area contributed by atoms with Crippen molar-refractivity contribution >= 4 is 15.9 Å². The second-order valence-electron chi connectivity index (χ2n) is 3.43. The first-order valence-corrected chi connectivity index (χ1v) is 6.49. The van der Waals surface area contributed by atoms with E-state index in [0.29, 0.717) is 0 Å². The number of ether oxygens (including phenoxy) is 2. The summed E-state index contributed by atoms with van der Waals surface area (Å²) in [6.45, 7) is -0.629. The Kier molecular flexibility index (Phi) is 4.67. The van der Waals surface area contributed by atoms with Gasteiger partial charge in [-0.1, -0.05) is 0 Å². The van der Waals surface area contributed by atoms with Crippen molar-refractivity contribution in [3.05, 3.63) is 17.9 Å². The molecule has 0 bridgehead atoms. The first-order valence-electron chi connectivity index (χ1n) is 5.01. The molecule has 0 heterocycles. The lowest BCUT2D eigenvalue weighted by molar-refractivity contribution is -0.116. The fourth-order valence-electron chi connectivity index (χ4n) is 1.29. The molecule has 19 heavy (non-hydrogen) atoms. The average molecular weight is 292 g/mol. The molecule has 0 atom stereocenters. The zero-order valence-electron chi connectivity index (χ0n) is 10.3. The van der Waals surface area contributed by atoms with Crippen LogP contribution in [0.25, 0.3) is 0 Å². The maximum Gasteiger partial charge on any atom is 0.244 e. The Hall–Kier alpha value is -1.87. The largest absolute Gasteiger partial charge is 0.493 e. The molecule has 0 aliphatic carbocycles. The quantitative estimate of drug-likeness (QED) is 0.742. The van der Waals surface area contributed by atoms with E-state index in [2.05, 4.69) is 0 Å². The summed E-state index contributed by atoms with van der Waals surface area (Å²) in [7, 11) is -1.64. The van der Waals surface area contributed by atoms with Crippen molar-refractivity contribution in [3.8, 4) is 11.5 Å². The second kappa shape index (κ2) is 5.85. The van der Waals surface area contributed by atoms with Gasteiger partial charge in [0.15, 0.2) is 11.5 Å². The molecule has 9 heteroatoms. The average Bonchev–Trinajstić information content (AvgIpc) is 2.35. The number of halogens is 1. The molecule has 1 amide bonds. The minimum atomic E-state index is -4.20. The number of carbonyl (C=O) groups is 1. The van der Waals surface area contributed by atoms with Gasteiger partial charge in [-0.05, 0) is 0 Å². The van der Waals surface area contributed by atoms with Crippen LogP contribution in [0.1, 0.15) is 0 Å². The monoisotopic (exact) mass is 292 g/mol. The molecule has 0 saturated heterocycles. The van der Waals surface area contributed by atoms with Gasteiger partial charge in [-0.3, -0.25) is 4.79 Å². The van der Waals surface area contributed by atoms with Crippen molar-refractivity contribution in [2.24, 2.45) is 5.73 Å². The van der Waals surface area contributed by atoms with Crippen LogP contribution in [0, 0.1) is 5.82 Å². The molecule has 0 spiro atoms. The van der Waals surface area contributed by atoms with Crippen molar-refractivity contribution in [3.63, 3.8) is 0 Å². The van der Waals surface area contributed by atoms with E-state index in [1.807, 2.05) is 4.72 Å². The molecule has 0 aliphatic rings. The summed E-state index contributed by atoms with van der Waals surface area (Å²) in [4.78, 5) is 9.88. The van der Waals surface area contributed by atoms with Crippen LogP contribution in [-0.4, -0.2) is 35.1 Å². The SMILES string of the molecule is COc1cc(F)c(S(=O)(=O)NCC(N)=O)cc1OC. The molecular weight excluding hydrogens is 279 g/mol. The van der Waals surface area contributed by atoms with Crippen LogP contribution in [0.15, 0.2) is 17.0 Å². The summed E-state index contributed by atoms with van der Waals surface area (Å²) in [5.41, 5.74) is 4.81.